The summed E-state index contributed by atoms with van der Waals surface area (Å²) in [4.78, 5) is 16.8. The van der Waals surface area contributed by atoms with Crippen molar-refractivity contribution in [2.75, 3.05) is 0 Å². The van der Waals surface area contributed by atoms with Gasteiger partial charge in [-0.2, -0.15) is 8.78 Å². The summed E-state index contributed by atoms with van der Waals surface area (Å²) in [7, 11) is 0. The summed E-state index contributed by atoms with van der Waals surface area (Å²) in [5.41, 5.74) is 2.07. The van der Waals surface area contributed by atoms with Crippen molar-refractivity contribution in [2.24, 2.45) is 0 Å². The van der Waals surface area contributed by atoms with Crippen molar-refractivity contribution in [3.63, 3.8) is 0 Å². The minimum absolute atomic E-state index is 0.00926. The number of halogens is 4. The molecule has 128 valence electrons. The number of Topliss-reactive ketones (excluding diaryl/α,β-unsaturated/α-hetero) is 1. The Morgan fingerprint density at radius 1 is 1.32 bits per heavy atom. The molecule has 3 aromatic rings. The van der Waals surface area contributed by atoms with Crippen LogP contribution >= 0.6 is 27.5 Å². The molecule has 0 bridgehead atoms. The summed E-state index contributed by atoms with van der Waals surface area (Å²) in [6.07, 6.45) is 1.93. The molecule has 2 aromatic heterocycles. The number of ether oxygens (including phenoxy) is 1. The van der Waals surface area contributed by atoms with Gasteiger partial charge in [0.15, 0.2) is 5.78 Å². The lowest BCUT2D eigenvalue weighted by Crippen LogP contribution is -2.08. The van der Waals surface area contributed by atoms with E-state index in [4.69, 9.17) is 11.6 Å². The molecule has 1 aliphatic rings. The number of carbonyl (C=O) groups excluding carboxylic acids is 1. The second-order valence-corrected chi connectivity index (χ2v) is 7.01. The summed E-state index contributed by atoms with van der Waals surface area (Å²) >= 11 is 9.45. The molecular formula is C17H10BrClF2N2O2. The summed E-state index contributed by atoms with van der Waals surface area (Å²) in [6.45, 7) is -2.96. The number of fused-ring (bicyclic) bond motifs is 3. The first kappa shape index (κ1) is 16.5. The molecule has 0 radical (unpaired) electrons. The quantitative estimate of drug-likeness (QED) is 0.586. The molecule has 0 aliphatic heterocycles. The highest BCUT2D eigenvalue weighted by Crippen LogP contribution is 2.43. The molecule has 4 nitrogen and oxygen atoms in total. The van der Waals surface area contributed by atoms with E-state index in [1.165, 1.54) is 12.1 Å². The Bertz CT molecular complexity index is 1010. The van der Waals surface area contributed by atoms with Crippen LogP contribution in [0, 0.1) is 0 Å². The van der Waals surface area contributed by atoms with Crippen molar-refractivity contribution in [1.82, 2.24) is 9.38 Å². The standard InChI is InChI=1S/C17H10BrClF2N2O2/c18-8-1-4-14-22-15-12(24)6-11(16(15)23(14)7-8)10-5-9(19)2-3-13(10)25-17(20)21/h1-5,7,11,17H,6H2. The zero-order valence-corrected chi connectivity index (χ0v) is 14.9. The Morgan fingerprint density at radius 3 is 2.88 bits per heavy atom. The van der Waals surface area contributed by atoms with E-state index < -0.39 is 12.5 Å². The molecule has 1 aromatic carbocycles. The summed E-state index contributed by atoms with van der Waals surface area (Å²) in [5.74, 6) is -0.586. The Hall–Kier alpha value is -1.99. The Kier molecular flexibility index (Phi) is 4.00. The van der Waals surface area contributed by atoms with E-state index in [0.717, 1.165) is 4.47 Å². The van der Waals surface area contributed by atoms with Crippen molar-refractivity contribution >= 4 is 39.0 Å². The van der Waals surface area contributed by atoms with Gasteiger partial charge in [0.25, 0.3) is 0 Å². The monoisotopic (exact) mass is 426 g/mol. The number of ketones is 1. The zero-order chi connectivity index (χ0) is 17.7. The van der Waals surface area contributed by atoms with Crippen LogP contribution in [0.5, 0.6) is 5.75 Å². The normalized spacial score (nSPS) is 16.7. The van der Waals surface area contributed by atoms with Crippen LogP contribution in [0.2, 0.25) is 5.02 Å². The molecule has 8 heteroatoms. The van der Waals surface area contributed by atoms with E-state index in [1.54, 1.807) is 22.7 Å². The summed E-state index contributed by atoms with van der Waals surface area (Å²) < 4.78 is 32.8. The van der Waals surface area contributed by atoms with Gasteiger partial charge in [-0.05, 0) is 46.3 Å². The molecule has 1 unspecified atom stereocenters. The Morgan fingerprint density at radius 2 is 2.12 bits per heavy atom. The lowest BCUT2D eigenvalue weighted by atomic mass is 9.95. The Balaban J connectivity index is 1.93. The number of benzene rings is 1. The molecule has 1 atom stereocenters. The van der Waals surface area contributed by atoms with Gasteiger partial charge >= 0.3 is 6.61 Å². The molecule has 4 rings (SSSR count). The maximum atomic E-state index is 12.8. The number of carbonyl (C=O) groups is 1. The topological polar surface area (TPSA) is 43.6 Å². The van der Waals surface area contributed by atoms with Crippen molar-refractivity contribution in [3.8, 4) is 5.75 Å². The third-order valence-corrected chi connectivity index (χ3v) is 4.87. The van der Waals surface area contributed by atoms with Gasteiger partial charge in [0.05, 0.1) is 5.69 Å². The molecule has 0 N–H and O–H groups in total. The van der Waals surface area contributed by atoms with E-state index in [9.17, 15) is 13.6 Å². The second kappa shape index (κ2) is 6.07. The smallest absolute Gasteiger partial charge is 0.387 e. The average Bonchev–Trinajstić information content (AvgIpc) is 3.07. The first-order valence-electron chi connectivity index (χ1n) is 7.39. The summed E-state index contributed by atoms with van der Waals surface area (Å²) in [5, 5.41) is 0.382. The predicted molar refractivity (Wildman–Crippen MR) is 91.8 cm³/mol. The van der Waals surface area contributed by atoms with E-state index in [1.807, 2.05) is 6.07 Å². The lowest BCUT2D eigenvalue weighted by molar-refractivity contribution is -0.0505. The third-order valence-electron chi connectivity index (χ3n) is 4.17. The van der Waals surface area contributed by atoms with E-state index >= 15 is 0 Å². The van der Waals surface area contributed by atoms with Crippen molar-refractivity contribution < 1.29 is 18.3 Å². The van der Waals surface area contributed by atoms with Gasteiger partial charge in [-0.3, -0.25) is 4.79 Å². The molecule has 0 spiro atoms. The number of rotatable bonds is 3. The molecule has 0 saturated heterocycles. The van der Waals surface area contributed by atoms with E-state index in [0.29, 0.717) is 27.6 Å². The van der Waals surface area contributed by atoms with Crippen LogP contribution in [0.1, 0.15) is 34.1 Å². The number of pyridine rings is 1. The van der Waals surface area contributed by atoms with Gasteiger partial charge in [-0.15, -0.1) is 0 Å². The lowest BCUT2D eigenvalue weighted by Gasteiger charge is -2.17. The highest BCUT2D eigenvalue weighted by Gasteiger charge is 2.37. The number of imidazole rings is 1. The van der Waals surface area contributed by atoms with Crippen molar-refractivity contribution in [3.05, 3.63) is 63.0 Å². The molecule has 0 saturated carbocycles. The molecule has 0 fully saturated rings. The van der Waals surface area contributed by atoms with Crippen LogP contribution in [-0.2, 0) is 0 Å². The van der Waals surface area contributed by atoms with Gasteiger partial charge < -0.3 is 9.14 Å². The minimum atomic E-state index is -2.96. The van der Waals surface area contributed by atoms with Crippen LogP contribution in [0.3, 0.4) is 0 Å². The molecule has 0 amide bonds. The SMILES string of the molecule is O=C1CC(c2cc(Cl)ccc2OC(F)F)c2c1nc1ccc(Br)cn21. The first-order valence-corrected chi connectivity index (χ1v) is 8.56. The number of alkyl halides is 2. The van der Waals surface area contributed by atoms with Gasteiger partial charge in [-0.25, -0.2) is 4.98 Å². The van der Waals surface area contributed by atoms with Gasteiger partial charge in [-0.1, -0.05) is 11.6 Å². The van der Waals surface area contributed by atoms with Gasteiger partial charge in [0.2, 0.25) is 0 Å². The number of aromatic nitrogens is 2. The predicted octanol–water partition coefficient (Wildman–Crippen LogP) is 5.07. The van der Waals surface area contributed by atoms with Crippen LogP contribution in [0.15, 0.2) is 41.0 Å². The third kappa shape index (κ3) is 2.81. The number of hydrogen-bond acceptors (Lipinski definition) is 3. The highest BCUT2D eigenvalue weighted by molar-refractivity contribution is 9.10. The fraction of sp³-hybridized carbons (Fsp3) is 0.176. The summed E-state index contributed by atoms with van der Waals surface area (Å²) in [6, 6.07) is 8.03. The molecular weight excluding hydrogens is 418 g/mol. The number of hydrogen-bond donors (Lipinski definition) is 0. The first-order chi connectivity index (χ1) is 11.9. The second-order valence-electron chi connectivity index (χ2n) is 5.66. The maximum Gasteiger partial charge on any atom is 0.387 e. The van der Waals surface area contributed by atoms with E-state index in [2.05, 4.69) is 25.7 Å². The van der Waals surface area contributed by atoms with Gasteiger partial charge in [0, 0.05) is 33.6 Å². The molecule has 1 aliphatic carbocycles. The zero-order valence-electron chi connectivity index (χ0n) is 12.5. The van der Waals surface area contributed by atoms with Crippen LogP contribution in [0.4, 0.5) is 8.78 Å². The number of nitrogens with zero attached hydrogens (tertiary/aromatic N) is 2. The largest absolute Gasteiger partial charge is 0.435 e. The van der Waals surface area contributed by atoms with Crippen LogP contribution < -0.4 is 4.74 Å². The van der Waals surface area contributed by atoms with Crippen LogP contribution in [0.25, 0.3) is 5.65 Å². The molecule has 2 heterocycles. The molecule has 25 heavy (non-hydrogen) atoms. The maximum absolute atomic E-state index is 12.8. The fourth-order valence-corrected chi connectivity index (χ4v) is 3.72. The highest BCUT2D eigenvalue weighted by atomic mass is 79.9. The van der Waals surface area contributed by atoms with Crippen molar-refractivity contribution in [2.45, 2.75) is 19.0 Å². The average molecular weight is 428 g/mol. The van der Waals surface area contributed by atoms with Crippen LogP contribution in [-0.4, -0.2) is 21.8 Å². The van der Waals surface area contributed by atoms with Crippen molar-refractivity contribution in [1.29, 1.82) is 0 Å². The minimum Gasteiger partial charge on any atom is -0.435 e. The Labute approximate surface area is 154 Å². The van der Waals surface area contributed by atoms with Gasteiger partial charge in [0.1, 0.15) is 17.1 Å². The fourth-order valence-electron chi connectivity index (χ4n) is 3.21. The van der Waals surface area contributed by atoms with E-state index in [-0.39, 0.29) is 18.0 Å².